The molecule has 0 amide bonds. The number of rotatable bonds is 5. The number of halogens is 3. The van der Waals surface area contributed by atoms with E-state index in [-0.39, 0.29) is 28.8 Å². The first kappa shape index (κ1) is 23.2. The van der Waals surface area contributed by atoms with Crippen molar-refractivity contribution in [3.8, 4) is 0 Å². The molecule has 1 aromatic heterocycles. The number of thioether (sulfide) groups is 1. The Hall–Kier alpha value is -2.52. The first-order valence-electron chi connectivity index (χ1n) is 11.6. The van der Waals surface area contributed by atoms with Gasteiger partial charge in [-0.1, -0.05) is 30.3 Å². The van der Waals surface area contributed by atoms with E-state index in [0.717, 1.165) is 6.54 Å². The third kappa shape index (κ3) is 4.81. The number of nitrogens with zero attached hydrogens (tertiary/aromatic N) is 4. The van der Waals surface area contributed by atoms with Crippen LogP contribution in [0.15, 0.2) is 55.1 Å². The van der Waals surface area contributed by atoms with Gasteiger partial charge in [-0.3, -0.25) is 0 Å². The molecule has 5 nitrogen and oxygen atoms in total. The molecule has 2 aromatic carbocycles. The summed E-state index contributed by atoms with van der Waals surface area (Å²) in [6.07, 6.45) is 2.64. The first-order chi connectivity index (χ1) is 16.5. The minimum absolute atomic E-state index is 0.00323. The average molecular weight is 488 g/mol. The zero-order valence-corrected chi connectivity index (χ0v) is 19.8. The molecule has 180 valence electrons. The fourth-order valence-electron chi connectivity index (χ4n) is 4.91. The van der Waals surface area contributed by atoms with Gasteiger partial charge in [0.2, 0.25) is 0 Å². The van der Waals surface area contributed by atoms with Gasteiger partial charge in [0.25, 0.3) is 0 Å². The molecule has 3 aromatic rings. The smallest absolute Gasteiger partial charge is 0.146 e. The van der Waals surface area contributed by atoms with Crippen molar-refractivity contribution in [2.45, 2.75) is 48.5 Å². The summed E-state index contributed by atoms with van der Waals surface area (Å²) >= 11 is 1.81. The van der Waals surface area contributed by atoms with Crippen LogP contribution < -0.4 is 10.2 Å². The van der Waals surface area contributed by atoms with E-state index in [2.05, 4.69) is 34.6 Å². The molecule has 5 rings (SSSR count). The maximum Gasteiger partial charge on any atom is 0.146 e. The number of benzene rings is 2. The van der Waals surface area contributed by atoms with Gasteiger partial charge in [-0.05, 0) is 37.0 Å². The third-order valence-electron chi connectivity index (χ3n) is 6.90. The lowest BCUT2D eigenvalue weighted by Crippen LogP contribution is -2.44. The highest BCUT2D eigenvalue weighted by atomic mass is 32.2. The van der Waals surface area contributed by atoms with E-state index >= 15 is 8.78 Å². The standard InChI is InChI=1S/C25H28F3N5S/c1-16-24(34-25(12-29-16)17-5-3-2-4-6-17)10-18-9-20(27)23(11-19(18)26)32-8-7-22(21(28)13-32)33-14-30-31-15-33/h2-6,9,11,14-16,21-22,24-25,29H,7-8,10,12-13H2,1H3/t16-,21-,22+,24?,25-/m0/s1. The van der Waals surface area contributed by atoms with Crippen LogP contribution in [-0.4, -0.2) is 51.9 Å². The molecule has 0 radical (unpaired) electrons. The molecule has 2 fully saturated rings. The molecule has 5 atom stereocenters. The number of hydrogen-bond acceptors (Lipinski definition) is 5. The molecule has 34 heavy (non-hydrogen) atoms. The molecule has 3 heterocycles. The van der Waals surface area contributed by atoms with Crippen molar-refractivity contribution >= 4 is 17.4 Å². The second kappa shape index (κ2) is 10.00. The molecule has 2 aliphatic heterocycles. The van der Waals surface area contributed by atoms with Crippen LogP contribution in [0.25, 0.3) is 0 Å². The number of piperidine rings is 1. The van der Waals surface area contributed by atoms with E-state index in [1.54, 1.807) is 9.47 Å². The van der Waals surface area contributed by atoms with Gasteiger partial charge < -0.3 is 14.8 Å². The Labute approximate surface area is 201 Å². The van der Waals surface area contributed by atoms with Crippen LogP contribution in [0.2, 0.25) is 0 Å². The minimum Gasteiger partial charge on any atom is -0.366 e. The van der Waals surface area contributed by atoms with E-state index in [1.165, 1.54) is 30.4 Å². The van der Waals surface area contributed by atoms with Gasteiger partial charge in [-0.25, -0.2) is 13.2 Å². The van der Waals surface area contributed by atoms with Crippen LogP contribution in [0.5, 0.6) is 0 Å². The molecule has 2 aliphatic rings. The highest BCUT2D eigenvalue weighted by molar-refractivity contribution is 8.00. The number of anilines is 1. The van der Waals surface area contributed by atoms with Gasteiger partial charge in [-0.2, -0.15) is 0 Å². The second-order valence-corrected chi connectivity index (χ2v) is 10.5. The number of alkyl halides is 1. The van der Waals surface area contributed by atoms with Crippen molar-refractivity contribution in [3.05, 3.63) is 77.9 Å². The topological polar surface area (TPSA) is 46.0 Å². The zero-order chi connectivity index (χ0) is 23.7. The summed E-state index contributed by atoms with van der Waals surface area (Å²) in [6, 6.07) is 12.6. The van der Waals surface area contributed by atoms with Crippen molar-refractivity contribution in [1.29, 1.82) is 0 Å². The summed E-state index contributed by atoms with van der Waals surface area (Å²) < 4.78 is 46.8. The molecule has 0 saturated carbocycles. The molecule has 0 aliphatic carbocycles. The van der Waals surface area contributed by atoms with Crippen molar-refractivity contribution in [2.24, 2.45) is 0 Å². The van der Waals surface area contributed by atoms with Gasteiger partial charge >= 0.3 is 0 Å². The lowest BCUT2D eigenvalue weighted by Gasteiger charge is -2.37. The van der Waals surface area contributed by atoms with Crippen LogP contribution >= 0.6 is 11.8 Å². The quantitative estimate of drug-likeness (QED) is 0.564. The summed E-state index contributed by atoms with van der Waals surface area (Å²) in [6.45, 7) is 3.36. The third-order valence-corrected chi connectivity index (χ3v) is 8.59. The van der Waals surface area contributed by atoms with Crippen molar-refractivity contribution in [3.63, 3.8) is 0 Å². The summed E-state index contributed by atoms with van der Waals surface area (Å²) in [5.41, 5.74) is 1.71. The summed E-state index contributed by atoms with van der Waals surface area (Å²) in [5.74, 6) is -0.949. The van der Waals surface area contributed by atoms with Gasteiger partial charge in [0, 0.05) is 35.7 Å². The SMILES string of the molecule is C[C@@H]1NC[C@@H](c2ccccc2)SC1Cc1cc(F)c(N2CC[C@@H](n3cnnc3)[C@@H](F)C2)cc1F. The number of hydrogen-bond donors (Lipinski definition) is 1. The molecule has 1 unspecified atom stereocenters. The molecule has 0 bridgehead atoms. The Balaban J connectivity index is 1.28. The predicted molar refractivity (Wildman–Crippen MR) is 129 cm³/mol. The van der Waals surface area contributed by atoms with Crippen molar-refractivity contribution in [1.82, 2.24) is 20.1 Å². The molecule has 2 saturated heterocycles. The van der Waals surface area contributed by atoms with E-state index in [4.69, 9.17) is 0 Å². The summed E-state index contributed by atoms with van der Waals surface area (Å²) in [7, 11) is 0. The van der Waals surface area contributed by atoms with Crippen LogP contribution in [0.3, 0.4) is 0 Å². The Bertz CT molecular complexity index is 1100. The van der Waals surface area contributed by atoms with Gasteiger partial charge in [0.1, 0.15) is 30.5 Å². The Morgan fingerprint density at radius 3 is 2.59 bits per heavy atom. The molecular weight excluding hydrogens is 459 g/mol. The number of aromatic nitrogens is 3. The lowest BCUT2D eigenvalue weighted by atomic mass is 10.00. The monoisotopic (exact) mass is 487 g/mol. The van der Waals surface area contributed by atoms with E-state index < -0.39 is 23.8 Å². The molecular formula is C25H28F3N5S. The zero-order valence-electron chi connectivity index (χ0n) is 18.9. The Morgan fingerprint density at radius 1 is 1.09 bits per heavy atom. The molecule has 0 spiro atoms. The van der Waals surface area contributed by atoms with Crippen molar-refractivity contribution in [2.75, 3.05) is 24.5 Å². The Kier molecular flexibility index (Phi) is 6.83. The Morgan fingerprint density at radius 2 is 1.85 bits per heavy atom. The van der Waals surface area contributed by atoms with Crippen LogP contribution in [-0.2, 0) is 6.42 Å². The fourth-order valence-corrected chi connectivity index (χ4v) is 6.45. The van der Waals surface area contributed by atoms with E-state index in [9.17, 15) is 4.39 Å². The normalized spacial score (nSPS) is 27.6. The maximum absolute atomic E-state index is 15.1. The van der Waals surface area contributed by atoms with Crippen LogP contribution in [0.4, 0.5) is 18.9 Å². The summed E-state index contributed by atoms with van der Waals surface area (Å²) in [5, 5.41) is 11.4. The van der Waals surface area contributed by atoms with Crippen LogP contribution in [0, 0.1) is 11.6 Å². The van der Waals surface area contributed by atoms with Crippen molar-refractivity contribution < 1.29 is 13.2 Å². The van der Waals surface area contributed by atoms with Gasteiger partial charge in [0.05, 0.1) is 18.3 Å². The lowest BCUT2D eigenvalue weighted by molar-refractivity contribution is 0.199. The van der Waals surface area contributed by atoms with Gasteiger partial charge in [-0.15, -0.1) is 22.0 Å². The number of nitrogens with one attached hydrogen (secondary N) is 1. The second-order valence-electron chi connectivity index (χ2n) is 9.10. The van der Waals surface area contributed by atoms with Crippen LogP contribution in [0.1, 0.15) is 35.8 Å². The largest absolute Gasteiger partial charge is 0.366 e. The first-order valence-corrected chi connectivity index (χ1v) is 12.6. The minimum atomic E-state index is -1.23. The molecule has 1 N–H and O–H groups in total. The highest BCUT2D eigenvalue weighted by Crippen LogP contribution is 2.39. The van der Waals surface area contributed by atoms with E-state index in [1.807, 2.05) is 30.0 Å². The predicted octanol–water partition coefficient (Wildman–Crippen LogP) is 4.72. The fraction of sp³-hybridized carbons (Fsp3) is 0.440. The maximum atomic E-state index is 15.1. The highest BCUT2D eigenvalue weighted by Gasteiger charge is 2.33. The van der Waals surface area contributed by atoms with E-state index in [0.29, 0.717) is 24.9 Å². The molecule has 9 heteroatoms. The summed E-state index contributed by atoms with van der Waals surface area (Å²) in [4.78, 5) is 1.60. The average Bonchev–Trinajstić information content (AvgIpc) is 3.38. The van der Waals surface area contributed by atoms with Gasteiger partial charge in [0.15, 0.2) is 0 Å².